The van der Waals surface area contributed by atoms with Crippen LogP contribution >= 0.6 is 0 Å². The first-order valence-electron chi connectivity index (χ1n) is 6.01. The minimum Gasteiger partial charge on any atom is -0.439 e. The second-order valence-electron chi connectivity index (χ2n) is 4.03. The van der Waals surface area contributed by atoms with Crippen LogP contribution < -0.4 is 4.74 Å². The molecule has 0 bridgehead atoms. The van der Waals surface area contributed by atoms with Gasteiger partial charge in [-0.15, -0.1) is 6.42 Å². The summed E-state index contributed by atoms with van der Waals surface area (Å²) < 4.78 is 5.63. The Hall–Kier alpha value is -2.27. The van der Waals surface area contributed by atoms with E-state index in [2.05, 4.69) is 30.0 Å². The molecule has 2 heteroatoms. The first kappa shape index (κ1) is 12.2. The van der Waals surface area contributed by atoms with E-state index >= 15 is 0 Å². The van der Waals surface area contributed by atoms with Gasteiger partial charge in [-0.3, -0.25) is 0 Å². The van der Waals surface area contributed by atoms with E-state index in [9.17, 15) is 0 Å². The zero-order chi connectivity index (χ0) is 12.8. The second-order valence-corrected chi connectivity index (χ2v) is 4.03. The van der Waals surface area contributed by atoms with Crippen LogP contribution in [0.3, 0.4) is 0 Å². The number of terminal acetylenes is 1. The number of aryl methyl sites for hydroxylation is 1. The van der Waals surface area contributed by atoms with E-state index in [0.29, 0.717) is 5.88 Å². The van der Waals surface area contributed by atoms with Crippen molar-refractivity contribution in [2.75, 3.05) is 0 Å². The molecule has 0 saturated carbocycles. The van der Waals surface area contributed by atoms with E-state index in [1.807, 2.05) is 18.2 Å². The fourth-order valence-corrected chi connectivity index (χ4v) is 1.66. The summed E-state index contributed by atoms with van der Waals surface area (Å²) in [5.74, 6) is 3.86. The van der Waals surface area contributed by atoms with Crippen molar-refractivity contribution in [1.29, 1.82) is 0 Å². The Kier molecular flexibility index (Phi) is 3.98. The molecule has 2 aromatic rings. The highest BCUT2D eigenvalue weighted by molar-refractivity contribution is 5.34. The average Bonchev–Trinajstić information content (AvgIpc) is 2.42. The van der Waals surface area contributed by atoms with Crippen LogP contribution in [0.2, 0.25) is 0 Å². The molecule has 0 fully saturated rings. The lowest BCUT2D eigenvalue weighted by Crippen LogP contribution is -1.89. The maximum Gasteiger partial charge on any atom is 0.219 e. The van der Waals surface area contributed by atoms with Crippen LogP contribution in [0.4, 0.5) is 0 Å². The predicted octanol–water partition coefficient (Wildman–Crippen LogP) is 3.81. The molecule has 0 aliphatic heterocycles. The SMILES string of the molecule is C#Cc1ccc(Oc2ccc(CCC)cc2)nc1. The first-order chi connectivity index (χ1) is 8.81. The summed E-state index contributed by atoms with van der Waals surface area (Å²) in [5.41, 5.74) is 2.07. The van der Waals surface area contributed by atoms with E-state index in [1.165, 1.54) is 5.56 Å². The first-order valence-corrected chi connectivity index (χ1v) is 6.01. The molecule has 0 aliphatic rings. The molecule has 0 radical (unpaired) electrons. The van der Waals surface area contributed by atoms with Crippen LogP contribution in [-0.2, 0) is 6.42 Å². The highest BCUT2D eigenvalue weighted by Gasteiger charge is 1.99. The van der Waals surface area contributed by atoms with Gasteiger partial charge in [0.15, 0.2) is 0 Å². The highest BCUT2D eigenvalue weighted by Crippen LogP contribution is 2.20. The number of aromatic nitrogens is 1. The van der Waals surface area contributed by atoms with Gasteiger partial charge in [-0.2, -0.15) is 0 Å². The third-order valence-corrected chi connectivity index (χ3v) is 2.59. The van der Waals surface area contributed by atoms with Gasteiger partial charge in [0, 0.05) is 17.8 Å². The van der Waals surface area contributed by atoms with E-state index in [4.69, 9.17) is 11.2 Å². The van der Waals surface area contributed by atoms with Gasteiger partial charge in [0.05, 0.1) is 0 Å². The molecule has 0 N–H and O–H groups in total. The Balaban J connectivity index is 2.06. The van der Waals surface area contributed by atoms with Gasteiger partial charge in [-0.1, -0.05) is 31.4 Å². The summed E-state index contributed by atoms with van der Waals surface area (Å²) in [7, 11) is 0. The molecule has 1 heterocycles. The van der Waals surface area contributed by atoms with Crippen molar-refractivity contribution in [2.24, 2.45) is 0 Å². The van der Waals surface area contributed by atoms with E-state index in [0.717, 1.165) is 24.2 Å². The van der Waals surface area contributed by atoms with Gasteiger partial charge >= 0.3 is 0 Å². The summed E-state index contributed by atoms with van der Waals surface area (Å²) in [4.78, 5) is 4.14. The number of nitrogens with zero attached hydrogens (tertiary/aromatic N) is 1. The number of hydrogen-bond acceptors (Lipinski definition) is 2. The Morgan fingerprint density at radius 2 is 1.94 bits per heavy atom. The van der Waals surface area contributed by atoms with Gasteiger partial charge in [-0.05, 0) is 30.2 Å². The lowest BCUT2D eigenvalue weighted by atomic mass is 10.1. The maximum absolute atomic E-state index is 5.63. The average molecular weight is 237 g/mol. The molecule has 0 saturated heterocycles. The summed E-state index contributed by atoms with van der Waals surface area (Å²) in [6.07, 6.45) is 9.13. The minimum absolute atomic E-state index is 0.553. The lowest BCUT2D eigenvalue weighted by Gasteiger charge is -2.05. The standard InChI is InChI=1S/C16H15NO/c1-3-5-14-6-9-15(10-7-14)18-16-11-8-13(4-2)12-17-16/h2,6-12H,3,5H2,1H3. The van der Waals surface area contributed by atoms with Gasteiger partial charge in [0.2, 0.25) is 5.88 Å². The van der Waals surface area contributed by atoms with Crippen LogP contribution in [0, 0.1) is 12.3 Å². The summed E-state index contributed by atoms with van der Waals surface area (Å²) in [5, 5.41) is 0. The van der Waals surface area contributed by atoms with Crippen molar-refractivity contribution in [3.63, 3.8) is 0 Å². The third-order valence-electron chi connectivity index (χ3n) is 2.59. The smallest absolute Gasteiger partial charge is 0.219 e. The molecule has 0 unspecified atom stereocenters. The zero-order valence-electron chi connectivity index (χ0n) is 10.4. The van der Waals surface area contributed by atoms with Gasteiger partial charge in [0.25, 0.3) is 0 Å². The quantitative estimate of drug-likeness (QED) is 0.754. The Morgan fingerprint density at radius 1 is 1.17 bits per heavy atom. The van der Waals surface area contributed by atoms with E-state index < -0.39 is 0 Å². The summed E-state index contributed by atoms with van der Waals surface area (Å²) in [6.45, 7) is 2.17. The molecule has 2 nitrogen and oxygen atoms in total. The van der Waals surface area contributed by atoms with Gasteiger partial charge in [0.1, 0.15) is 5.75 Å². The number of pyridine rings is 1. The van der Waals surface area contributed by atoms with Gasteiger partial charge in [-0.25, -0.2) is 4.98 Å². The van der Waals surface area contributed by atoms with Crippen molar-refractivity contribution in [1.82, 2.24) is 4.98 Å². The Bertz CT molecular complexity index is 535. The van der Waals surface area contributed by atoms with Crippen LogP contribution in [0.5, 0.6) is 11.6 Å². The molecule has 1 aromatic heterocycles. The van der Waals surface area contributed by atoms with Crippen LogP contribution in [0.25, 0.3) is 0 Å². The topological polar surface area (TPSA) is 22.1 Å². The highest BCUT2D eigenvalue weighted by atomic mass is 16.5. The molecule has 90 valence electrons. The number of benzene rings is 1. The molecule has 0 spiro atoms. The number of ether oxygens (including phenoxy) is 1. The fraction of sp³-hybridized carbons (Fsp3) is 0.188. The largest absolute Gasteiger partial charge is 0.439 e. The fourth-order valence-electron chi connectivity index (χ4n) is 1.66. The molecule has 1 aromatic carbocycles. The predicted molar refractivity (Wildman–Crippen MR) is 72.7 cm³/mol. The molecule has 0 atom stereocenters. The van der Waals surface area contributed by atoms with Crippen molar-refractivity contribution in [3.05, 3.63) is 53.7 Å². The lowest BCUT2D eigenvalue weighted by molar-refractivity contribution is 0.462. The Labute approximate surface area is 108 Å². The van der Waals surface area contributed by atoms with Crippen molar-refractivity contribution in [2.45, 2.75) is 19.8 Å². The monoisotopic (exact) mass is 237 g/mol. The molecule has 0 amide bonds. The third kappa shape index (κ3) is 3.11. The molecular weight excluding hydrogens is 222 g/mol. The molecule has 0 aliphatic carbocycles. The molecule has 2 rings (SSSR count). The van der Waals surface area contributed by atoms with Crippen molar-refractivity contribution in [3.8, 4) is 24.0 Å². The zero-order valence-corrected chi connectivity index (χ0v) is 10.4. The molecular formula is C16H15NO. The van der Waals surface area contributed by atoms with Crippen LogP contribution in [-0.4, -0.2) is 4.98 Å². The van der Waals surface area contributed by atoms with E-state index in [1.54, 1.807) is 12.3 Å². The normalized spacial score (nSPS) is 9.78. The van der Waals surface area contributed by atoms with Crippen molar-refractivity contribution >= 4 is 0 Å². The van der Waals surface area contributed by atoms with Crippen LogP contribution in [0.15, 0.2) is 42.6 Å². The summed E-state index contributed by atoms with van der Waals surface area (Å²) >= 11 is 0. The summed E-state index contributed by atoms with van der Waals surface area (Å²) in [6, 6.07) is 11.7. The van der Waals surface area contributed by atoms with Crippen LogP contribution in [0.1, 0.15) is 24.5 Å². The van der Waals surface area contributed by atoms with Gasteiger partial charge < -0.3 is 4.74 Å². The number of hydrogen-bond donors (Lipinski definition) is 0. The number of rotatable bonds is 4. The second kappa shape index (κ2) is 5.88. The van der Waals surface area contributed by atoms with Crippen molar-refractivity contribution < 1.29 is 4.74 Å². The van der Waals surface area contributed by atoms with E-state index in [-0.39, 0.29) is 0 Å². The Morgan fingerprint density at radius 3 is 2.50 bits per heavy atom. The minimum atomic E-state index is 0.553. The maximum atomic E-state index is 5.63. The molecule has 18 heavy (non-hydrogen) atoms.